The fourth-order valence-electron chi connectivity index (χ4n) is 3.62. The van der Waals surface area contributed by atoms with E-state index in [1.165, 1.54) is 16.7 Å². The molecule has 0 amide bonds. The second-order valence-corrected chi connectivity index (χ2v) is 8.04. The number of nitrogens with one attached hydrogen (secondary N) is 1. The molecule has 0 saturated heterocycles. The summed E-state index contributed by atoms with van der Waals surface area (Å²) >= 11 is 0. The van der Waals surface area contributed by atoms with Crippen LogP contribution < -0.4 is 14.8 Å². The number of benzene rings is 4. The van der Waals surface area contributed by atoms with Crippen LogP contribution in [0.1, 0.15) is 23.1 Å². The minimum absolute atomic E-state index is 0.683. The topological polar surface area (TPSA) is 30.5 Å². The van der Waals surface area contributed by atoms with Crippen molar-refractivity contribution < 1.29 is 9.47 Å². The Kier molecular flexibility index (Phi) is 8.41. The number of aryl methyl sites for hydroxylation is 1. The summed E-state index contributed by atoms with van der Waals surface area (Å²) in [7, 11) is 0. The molecule has 4 rings (SSSR count). The quantitative estimate of drug-likeness (QED) is 0.244. The van der Waals surface area contributed by atoms with Crippen molar-refractivity contribution in [3.63, 3.8) is 0 Å². The molecule has 4 aromatic rings. The van der Waals surface area contributed by atoms with E-state index in [1.807, 2.05) is 36.4 Å². The Morgan fingerprint density at radius 1 is 0.485 bits per heavy atom. The Labute approximate surface area is 197 Å². The lowest BCUT2D eigenvalue weighted by atomic mass is 10.1. The molecule has 3 heteroatoms. The van der Waals surface area contributed by atoms with Crippen LogP contribution in [0.25, 0.3) is 0 Å². The average Bonchev–Trinajstić information content (AvgIpc) is 2.88. The van der Waals surface area contributed by atoms with Gasteiger partial charge in [-0.1, -0.05) is 72.8 Å². The van der Waals surface area contributed by atoms with Crippen molar-refractivity contribution in [1.29, 1.82) is 0 Å². The van der Waals surface area contributed by atoms with Gasteiger partial charge in [-0.15, -0.1) is 0 Å². The SMILES string of the molecule is c1ccc(CCCOc2ccc(NCc3ccc(OCCc4ccccc4)cc3)cc2)cc1. The van der Waals surface area contributed by atoms with Gasteiger partial charge < -0.3 is 14.8 Å². The minimum atomic E-state index is 0.683. The molecule has 0 aromatic heterocycles. The maximum absolute atomic E-state index is 5.88. The smallest absolute Gasteiger partial charge is 0.119 e. The molecule has 0 atom stereocenters. The molecule has 0 aliphatic carbocycles. The van der Waals surface area contributed by atoms with E-state index >= 15 is 0 Å². The molecule has 0 saturated carbocycles. The van der Waals surface area contributed by atoms with Gasteiger partial charge in [0.25, 0.3) is 0 Å². The molecule has 1 N–H and O–H groups in total. The van der Waals surface area contributed by atoms with E-state index in [9.17, 15) is 0 Å². The summed E-state index contributed by atoms with van der Waals surface area (Å²) in [5, 5.41) is 3.46. The molecule has 0 heterocycles. The molecular weight excluding hydrogens is 406 g/mol. The third-order valence-electron chi connectivity index (χ3n) is 5.50. The zero-order valence-corrected chi connectivity index (χ0v) is 19.0. The second-order valence-electron chi connectivity index (χ2n) is 8.04. The van der Waals surface area contributed by atoms with Gasteiger partial charge in [0.05, 0.1) is 13.2 Å². The molecule has 0 spiro atoms. The van der Waals surface area contributed by atoms with Crippen LogP contribution >= 0.6 is 0 Å². The predicted molar refractivity (Wildman–Crippen MR) is 136 cm³/mol. The van der Waals surface area contributed by atoms with Gasteiger partial charge >= 0.3 is 0 Å². The molecule has 0 radical (unpaired) electrons. The maximum atomic E-state index is 5.88. The lowest BCUT2D eigenvalue weighted by molar-refractivity contribution is 0.311. The first kappa shape index (κ1) is 22.5. The zero-order valence-electron chi connectivity index (χ0n) is 19.0. The standard InChI is InChI=1S/C30H31NO2/c1-3-8-25(9-4-1)12-7-22-32-30-19-15-28(16-20-30)31-24-27-13-17-29(18-14-27)33-23-21-26-10-5-2-6-11-26/h1-6,8-11,13-20,31H,7,12,21-24H2. The number of rotatable bonds is 12. The van der Waals surface area contributed by atoms with Crippen LogP contribution in [0.4, 0.5) is 5.69 Å². The predicted octanol–water partition coefficient (Wildman–Crippen LogP) is 6.93. The second kappa shape index (κ2) is 12.4. The monoisotopic (exact) mass is 437 g/mol. The fourth-order valence-corrected chi connectivity index (χ4v) is 3.62. The molecule has 0 aliphatic heterocycles. The van der Waals surface area contributed by atoms with Crippen molar-refractivity contribution in [3.8, 4) is 11.5 Å². The summed E-state index contributed by atoms with van der Waals surface area (Å²) in [4.78, 5) is 0. The van der Waals surface area contributed by atoms with Crippen LogP contribution in [0.2, 0.25) is 0 Å². The first-order valence-electron chi connectivity index (χ1n) is 11.6. The number of ether oxygens (including phenoxy) is 2. The Morgan fingerprint density at radius 2 is 1.03 bits per heavy atom. The van der Waals surface area contributed by atoms with Gasteiger partial charge in [-0.05, 0) is 65.9 Å². The first-order chi connectivity index (χ1) is 16.3. The van der Waals surface area contributed by atoms with E-state index in [2.05, 4.69) is 78.1 Å². The summed E-state index contributed by atoms with van der Waals surface area (Å²) in [5.41, 5.74) is 4.94. The van der Waals surface area contributed by atoms with Crippen LogP contribution in [0, 0.1) is 0 Å². The zero-order chi connectivity index (χ0) is 22.6. The highest BCUT2D eigenvalue weighted by Gasteiger charge is 2.00. The van der Waals surface area contributed by atoms with E-state index in [4.69, 9.17) is 9.47 Å². The van der Waals surface area contributed by atoms with Crippen molar-refractivity contribution in [1.82, 2.24) is 0 Å². The highest BCUT2D eigenvalue weighted by molar-refractivity contribution is 5.47. The van der Waals surface area contributed by atoms with Crippen molar-refractivity contribution in [2.45, 2.75) is 25.8 Å². The minimum Gasteiger partial charge on any atom is -0.494 e. The lowest BCUT2D eigenvalue weighted by Crippen LogP contribution is -2.02. The van der Waals surface area contributed by atoms with Gasteiger partial charge in [0.2, 0.25) is 0 Å². The summed E-state index contributed by atoms with van der Waals surface area (Å²) < 4.78 is 11.7. The van der Waals surface area contributed by atoms with Gasteiger partial charge in [-0.3, -0.25) is 0 Å². The van der Waals surface area contributed by atoms with Crippen LogP contribution in [-0.4, -0.2) is 13.2 Å². The normalized spacial score (nSPS) is 10.5. The third-order valence-corrected chi connectivity index (χ3v) is 5.50. The van der Waals surface area contributed by atoms with Crippen molar-refractivity contribution in [2.24, 2.45) is 0 Å². The molecule has 33 heavy (non-hydrogen) atoms. The molecule has 3 nitrogen and oxygen atoms in total. The molecule has 4 aromatic carbocycles. The van der Waals surface area contributed by atoms with E-state index in [1.54, 1.807) is 0 Å². The van der Waals surface area contributed by atoms with Crippen LogP contribution in [-0.2, 0) is 19.4 Å². The van der Waals surface area contributed by atoms with Crippen LogP contribution in [0.15, 0.2) is 109 Å². The average molecular weight is 438 g/mol. The van der Waals surface area contributed by atoms with Gasteiger partial charge in [-0.2, -0.15) is 0 Å². The van der Waals surface area contributed by atoms with E-state index in [0.717, 1.165) is 49.6 Å². The molecule has 0 unspecified atom stereocenters. The van der Waals surface area contributed by atoms with E-state index < -0.39 is 0 Å². The Balaban J connectivity index is 1.14. The van der Waals surface area contributed by atoms with Gasteiger partial charge in [0.15, 0.2) is 0 Å². The molecule has 0 fully saturated rings. The molecular formula is C30H31NO2. The van der Waals surface area contributed by atoms with Gasteiger partial charge in [-0.25, -0.2) is 0 Å². The summed E-state index contributed by atoms with van der Waals surface area (Å²) in [6.07, 6.45) is 2.96. The third kappa shape index (κ3) is 7.73. The largest absolute Gasteiger partial charge is 0.494 e. The Bertz CT molecular complexity index is 1060. The lowest BCUT2D eigenvalue weighted by Gasteiger charge is -2.10. The maximum Gasteiger partial charge on any atom is 0.119 e. The van der Waals surface area contributed by atoms with Gasteiger partial charge in [0, 0.05) is 18.7 Å². The Morgan fingerprint density at radius 3 is 1.67 bits per heavy atom. The number of hydrogen-bond acceptors (Lipinski definition) is 3. The summed E-state index contributed by atoms with van der Waals surface area (Å²) in [5.74, 6) is 1.81. The first-order valence-corrected chi connectivity index (χ1v) is 11.6. The number of hydrogen-bond donors (Lipinski definition) is 1. The fraction of sp³-hybridized carbons (Fsp3) is 0.200. The molecule has 0 bridgehead atoms. The summed E-state index contributed by atoms with van der Waals surface area (Å²) in [6.45, 7) is 2.17. The highest BCUT2D eigenvalue weighted by Crippen LogP contribution is 2.18. The van der Waals surface area contributed by atoms with E-state index in [0.29, 0.717) is 6.61 Å². The van der Waals surface area contributed by atoms with Crippen molar-refractivity contribution >= 4 is 5.69 Å². The molecule has 168 valence electrons. The molecule has 0 aliphatic rings. The summed E-state index contributed by atoms with van der Waals surface area (Å²) in [6, 6.07) is 37.4. The van der Waals surface area contributed by atoms with Crippen LogP contribution in [0.5, 0.6) is 11.5 Å². The van der Waals surface area contributed by atoms with Gasteiger partial charge in [0.1, 0.15) is 11.5 Å². The van der Waals surface area contributed by atoms with Crippen molar-refractivity contribution in [3.05, 3.63) is 126 Å². The van der Waals surface area contributed by atoms with E-state index in [-0.39, 0.29) is 0 Å². The highest BCUT2D eigenvalue weighted by atomic mass is 16.5. The van der Waals surface area contributed by atoms with Crippen LogP contribution in [0.3, 0.4) is 0 Å². The Hall–Kier alpha value is -3.72. The number of anilines is 1. The van der Waals surface area contributed by atoms with Crippen molar-refractivity contribution in [2.75, 3.05) is 18.5 Å².